The topological polar surface area (TPSA) is 133 Å². The molecule has 0 aromatic heterocycles. The first-order chi connectivity index (χ1) is 16.5. The van der Waals surface area contributed by atoms with E-state index in [1.807, 2.05) is 0 Å². The van der Waals surface area contributed by atoms with E-state index in [0.717, 1.165) is 12.8 Å². The lowest BCUT2D eigenvalue weighted by Crippen LogP contribution is -2.49. The van der Waals surface area contributed by atoms with Crippen molar-refractivity contribution in [1.82, 2.24) is 16.0 Å². The van der Waals surface area contributed by atoms with E-state index in [1.54, 1.807) is 0 Å². The van der Waals surface area contributed by atoms with E-state index in [4.69, 9.17) is 11.6 Å². The van der Waals surface area contributed by atoms with E-state index in [-0.39, 0.29) is 34.6 Å². The molecule has 12 heteroatoms. The molecule has 9 nitrogen and oxygen atoms in total. The smallest absolute Gasteiger partial charge is 0.289 e. The molecule has 2 aliphatic carbocycles. The zero-order valence-electron chi connectivity index (χ0n) is 18.7. The van der Waals surface area contributed by atoms with Gasteiger partial charge in [0.15, 0.2) is 0 Å². The number of hydrogen-bond acceptors (Lipinski definition) is 5. The maximum Gasteiger partial charge on any atom is 0.289 e. The minimum Gasteiger partial charge on any atom is -0.356 e. The van der Waals surface area contributed by atoms with Crippen molar-refractivity contribution < 1.29 is 32.8 Å². The number of amides is 4. The van der Waals surface area contributed by atoms with Crippen LogP contribution in [0, 0.1) is 11.8 Å². The van der Waals surface area contributed by atoms with Crippen molar-refractivity contribution in [3.05, 3.63) is 28.8 Å². The summed E-state index contributed by atoms with van der Waals surface area (Å²) in [6.07, 6.45) is 0.745. The van der Waals surface area contributed by atoms with Crippen molar-refractivity contribution in [1.29, 1.82) is 0 Å². The van der Waals surface area contributed by atoms with Crippen molar-refractivity contribution in [3.63, 3.8) is 0 Å². The third kappa shape index (κ3) is 6.14. The molecule has 188 valence electrons. The van der Waals surface area contributed by atoms with Crippen molar-refractivity contribution in [2.75, 3.05) is 11.9 Å². The van der Waals surface area contributed by atoms with Crippen molar-refractivity contribution in [3.8, 4) is 0 Å². The van der Waals surface area contributed by atoms with Crippen LogP contribution in [-0.2, 0) is 19.2 Å². The van der Waals surface area contributed by atoms with Crippen LogP contribution in [0.2, 0.25) is 5.02 Å². The average Bonchev–Trinajstić information content (AvgIpc) is 3.51. The Kier molecular flexibility index (Phi) is 7.07. The van der Waals surface area contributed by atoms with Gasteiger partial charge in [0.25, 0.3) is 11.8 Å². The number of anilines is 1. The third-order valence-corrected chi connectivity index (χ3v) is 6.62. The molecule has 1 saturated heterocycles. The molecule has 2 saturated carbocycles. The lowest BCUT2D eigenvalue weighted by molar-refractivity contribution is -0.145. The zero-order valence-corrected chi connectivity index (χ0v) is 19.4. The van der Waals surface area contributed by atoms with Crippen LogP contribution >= 0.6 is 11.6 Å². The van der Waals surface area contributed by atoms with E-state index in [1.165, 1.54) is 18.2 Å². The first-order valence-corrected chi connectivity index (χ1v) is 11.8. The molecule has 35 heavy (non-hydrogen) atoms. The highest BCUT2D eigenvalue weighted by Gasteiger charge is 2.48. The van der Waals surface area contributed by atoms with Gasteiger partial charge in [-0.2, -0.15) is 0 Å². The van der Waals surface area contributed by atoms with Gasteiger partial charge in [0.05, 0.1) is 17.3 Å². The fourth-order valence-corrected chi connectivity index (χ4v) is 4.33. The molecular formula is C23H25ClF2N4O5. The highest BCUT2D eigenvalue weighted by molar-refractivity contribution is 6.38. The fourth-order valence-electron chi connectivity index (χ4n) is 4.16. The van der Waals surface area contributed by atoms with Crippen LogP contribution in [-0.4, -0.2) is 54.0 Å². The fraction of sp³-hybridized carbons (Fsp3) is 0.522. The Morgan fingerprint density at radius 3 is 2.46 bits per heavy atom. The molecule has 1 unspecified atom stereocenters. The molecule has 1 heterocycles. The summed E-state index contributed by atoms with van der Waals surface area (Å²) in [6, 6.07) is 2.66. The second kappa shape index (κ2) is 9.88. The Labute approximate surface area is 204 Å². The molecule has 1 aliphatic heterocycles. The molecule has 1 aromatic carbocycles. The Balaban J connectivity index is 1.50. The molecule has 0 spiro atoms. The number of rotatable bonds is 9. The standard InChI is InChI=1S/C23H25ClF2N4O5/c24-13-1-4-16(29-20(33)12-9-23(25,26)10-12)15(8-13)21(34)30-17(7-11-5-6-27-19(11)32)18(31)22(35)28-14-2-3-14/h1,4,8,11-12,14,17H,2-3,5-7,9-10H2,(H,27,32)(H,28,35)(H,29,33)(H,30,34)/t11-,17?/m0/s1. The van der Waals surface area contributed by atoms with Crippen LogP contribution < -0.4 is 21.3 Å². The summed E-state index contributed by atoms with van der Waals surface area (Å²) in [5.41, 5.74) is -0.0763. The lowest BCUT2D eigenvalue weighted by Gasteiger charge is -2.33. The molecular weight excluding hydrogens is 486 g/mol. The highest BCUT2D eigenvalue weighted by atomic mass is 35.5. The van der Waals surface area contributed by atoms with Gasteiger partial charge < -0.3 is 21.3 Å². The first kappa shape index (κ1) is 25.0. The van der Waals surface area contributed by atoms with E-state index in [2.05, 4.69) is 21.3 Å². The lowest BCUT2D eigenvalue weighted by atomic mass is 9.80. The minimum atomic E-state index is -2.89. The van der Waals surface area contributed by atoms with Crippen molar-refractivity contribution in [2.24, 2.45) is 11.8 Å². The Bertz CT molecular complexity index is 1070. The third-order valence-electron chi connectivity index (χ3n) is 6.39. The number of carbonyl (C=O) groups is 5. The zero-order chi connectivity index (χ0) is 25.3. The quantitative estimate of drug-likeness (QED) is 0.376. The van der Waals surface area contributed by atoms with Crippen LogP contribution in [0.3, 0.4) is 0 Å². The highest BCUT2D eigenvalue weighted by Crippen LogP contribution is 2.43. The second-order valence-electron chi connectivity index (χ2n) is 9.29. The Morgan fingerprint density at radius 2 is 1.86 bits per heavy atom. The van der Waals surface area contributed by atoms with Gasteiger partial charge in [-0.05, 0) is 43.9 Å². The molecule has 4 rings (SSSR count). The number of nitrogens with one attached hydrogen (secondary N) is 4. The average molecular weight is 511 g/mol. The predicted octanol–water partition coefficient (Wildman–Crippen LogP) is 1.80. The molecule has 4 N–H and O–H groups in total. The summed E-state index contributed by atoms with van der Waals surface area (Å²) in [7, 11) is 0. The van der Waals surface area contributed by atoms with E-state index in [9.17, 15) is 32.8 Å². The van der Waals surface area contributed by atoms with Gasteiger partial charge >= 0.3 is 0 Å². The summed E-state index contributed by atoms with van der Waals surface area (Å²) < 4.78 is 26.3. The molecule has 3 aliphatic rings. The van der Waals surface area contributed by atoms with Crippen LogP contribution in [0.5, 0.6) is 0 Å². The number of Topliss-reactive ketones (excluding diaryl/α,β-unsaturated/α-hetero) is 1. The van der Waals surface area contributed by atoms with E-state index < -0.39 is 60.1 Å². The SMILES string of the molecule is O=C(NC1CC1)C(=O)C(C[C@@H]1CCNC1=O)NC(=O)c1cc(Cl)ccc1NC(=O)C1CC(F)(F)C1. The number of hydrogen-bond donors (Lipinski definition) is 4. The van der Waals surface area contributed by atoms with Gasteiger partial charge in [-0.3, -0.25) is 24.0 Å². The number of halogens is 3. The summed E-state index contributed by atoms with van der Waals surface area (Å²) in [5.74, 6) is -7.80. The molecule has 3 fully saturated rings. The summed E-state index contributed by atoms with van der Waals surface area (Å²) in [6.45, 7) is 0.428. The second-order valence-corrected chi connectivity index (χ2v) is 9.73. The number of alkyl halides is 2. The number of benzene rings is 1. The van der Waals surface area contributed by atoms with Crippen LogP contribution in [0.25, 0.3) is 0 Å². The predicted molar refractivity (Wildman–Crippen MR) is 121 cm³/mol. The van der Waals surface area contributed by atoms with E-state index >= 15 is 0 Å². The van der Waals surface area contributed by atoms with Gasteiger partial charge in [-0.15, -0.1) is 0 Å². The molecule has 2 atom stereocenters. The van der Waals surface area contributed by atoms with Gasteiger partial charge in [0.1, 0.15) is 0 Å². The summed E-state index contributed by atoms with van der Waals surface area (Å²) >= 11 is 6.03. The monoisotopic (exact) mass is 510 g/mol. The van der Waals surface area contributed by atoms with Crippen molar-refractivity contribution in [2.45, 2.75) is 56.5 Å². The van der Waals surface area contributed by atoms with Gasteiger partial charge in [-0.25, -0.2) is 8.78 Å². The normalized spacial score (nSPS) is 21.9. The van der Waals surface area contributed by atoms with Crippen LogP contribution in [0.1, 0.15) is 48.9 Å². The minimum absolute atomic E-state index is 0.0272. The van der Waals surface area contributed by atoms with Crippen molar-refractivity contribution >= 4 is 46.7 Å². The molecule has 4 amide bonds. The maximum absolute atomic E-state index is 13.2. The van der Waals surface area contributed by atoms with Gasteiger partial charge in [-0.1, -0.05) is 11.6 Å². The maximum atomic E-state index is 13.2. The number of ketones is 1. The number of carbonyl (C=O) groups excluding carboxylic acids is 5. The molecule has 1 aromatic rings. The van der Waals surface area contributed by atoms with Gasteiger partial charge in [0, 0.05) is 42.3 Å². The van der Waals surface area contributed by atoms with Crippen LogP contribution in [0.4, 0.5) is 14.5 Å². The molecule has 0 bridgehead atoms. The van der Waals surface area contributed by atoms with Crippen LogP contribution in [0.15, 0.2) is 18.2 Å². The van der Waals surface area contributed by atoms with Gasteiger partial charge in [0.2, 0.25) is 23.5 Å². The first-order valence-electron chi connectivity index (χ1n) is 11.4. The largest absolute Gasteiger partial charge is 0.356 e. The molecule has 0 radical (unpaired) electrons. The summed E-state index contributed by atoms with van der Waals surface area (Å²) in [4.78, 5) is 62.8. The Morgan fingerprint density at radius 1 is 1.14 bits per heavy atom. The summed E-state index contributed by atoms with van der Waals surface area (Å²) in [5, 5.41) is 10.4. The Hall–Kier alpha value is -3.08. The van der Waals surface area contributed by atoms with E-state index in [0.29, 0.717) is 13.0 Å².